The third-order valence-electron chi connectivity index (χ3n) is 5.13. The molecule has 3 rings (SSSR count). The molecular formula is C18H31N7O2. The molecule has 150 valence electrons. The minimum atomic E-state index is 0.0243. The summed E-state index contributed by atoms with van der Waals surface area (Å²) < 4.78 is 7.03. The van der Waals surface area contributed by atoms with Crippen LogP contribution in [-0.4, -0.2) is 59.4 Å². The number of aliphatic imine (C=N–C) groups is 1. The number of fused-ring (bicyclic) bond motifs is 1. The molecule has 27 heavy (non-hydrogen) atoms. The number of nitrogens with one attached hydrogen (secondary N) is 3. The molecule has 1 saturated carbocycles. The zero-order valence-electron chi connectivity index (χ0n) is 16.3. The molecule has 9 heteroatoms. The SMILES string of the molecule is CN=C(NCC(=O)NC1CCCCC1)NC1CCc2nc(COC)nn2C1. The van der Waals surface area contributed by atoms with Crippen molar-refractivity contribution in [3.63, 3.8) is 0 Å². The molecule has 2 heterocycles. The highest BCUT2D eigenvalue weighted by atomic mass is 16.5. The normalized spacial score (nSPS) is 20.8. The van der Waals surface area contributed by atoms with Crippen LogP contribution >= 0.6 is 0 Å². The Morgan fingerprint density at radius 3 is 2.78 bits per heavy atom. The Labute approximate surface area is 160 Å². The number of aryl methyl sites for hydroxylation is 1. The molecule has 1 amide bonds. The Morgan fingerprint density at radius 2 is 2.04 bits per heavy atom. The van der Waals surface area contributed by atoms with E-state index in [2.05, 4.69) is 31.0 Å². The standard InChI is InChI=1S/C18H31N7O2/c1-19-18(20-10-17(26)21-13-6-4-3-5-7-13)22-14-8-9-16-23-15(12-27-2)24-25(16)11-14/h13-14H,3-12H2,1-2H3,(H,21,26)(H2,19,20,22). The Morgan fingerprint density at radius 1 is 1.22 bits per heavy atom. The average Bonchev–Trinajstić information content (AvgIpc) is 3.08. The molecule has 1 aromatic rings. The summed E-state index contributed by atoms with van der Waals surface area (Å²) in [4.78, 5) is 20.9. The molecule has 3 N–H and O–H groups in total. The van der Waals surface area contributed by atoms with Gasteiger partial charge >= 0.3 is 0 Å². The van der Waals surface area contributed by atoms with Crippen molar-refractivity contribution in [2.45, 2.75) is 70.2 Å². The number of hydrogen-bond donors (Lipinski definition) is 3. The number of amides is 1. The molecule has 0 radical (unpaired) electrons. The summed E-state index contributed by atoms with van der Waals surface area (Å²) in [6.07, 6.45) is 7.67. The van der Waals surface area contributed by atoms with E-state index >= 15 is 0 Å². The third kappa shape index (κ3) is 5.66. The number of nitrogens with zero attached hydrogens (tertiary/aromatic N) is 4. The summed E-state index contributed by atoms with van der Waals surface area (Å²) in [7, 11) is 3.36. The van der Waals surface area contributed by atoms with Gasteiger partial charge in [0.25, 0.3) is 0 Å². The average molecular weight is 377 g/mol. The molecule has 1 fully saturated rings. The first kappa shape index (κ1) is 19.6. The van der Waals surface area contributed by atoms with E-state index in [-0.39, 0.29) is 18.5 Å². The summed E-state index contributed by atoms with van der Waals surface area (Å²) in [5.41, 5.74) is 0. The largest absolute Gasteiger partial charge is 0.377 e. The molecule has 9 nitrogen and oxygen atoms in total. The van der Waals surface area contributed by atoms with E-state index in [1.165, 1.54) is 19.3 Å². The molecule has 1 unspecified atom stereocenters. The van der Waals surface area contributed by atoms with E-state index in [0.29, 0.717) is 18.6 Å². The minimum absolute atomic E-state index is 0.0243. The topological polar surface area (TPSA) is 105 Å². The quantitative estimate of drug-likeness (QED) is 0.488. The van der Waals surface area contributed by atoms with Crippen molar-refractivity contribution in [1.29, 1.82) is 0 Å². The summed E-state index contributed by atoms with van der Waals surface area (Å²) in [5, 5.41) is 14.1. The predicted octanol–water partition coefficient (Wildman–Crippen LogP) is 0.353. The smallest absolute Gasteiger partial charge is 0.239 e. The summed E-state index contributed by atoms with van der Waals surface area (Å²) in [5.74, 6) is 2.38. The van der Waals surface area contributed by atoms with Gasteiger partial charge in [-0.2, -0.15) is 5.10 Å². The van der Waals surface area contributed by atoms with Gasteiger partial charge in [-0.3, -0.25) is 9.79 Å². The number of carbonyl (C=O) groups excluding carboxylic acids is 1. The summed E-state index contributed by atoms with van der Waals surface area (Å²) >= 11 is 0. The zero-order valence-corrected chi connectivity index (χ0v) is 16.3. The van der Waals surface area contributed by atoms with E-state index < -0.39 is 0 Å². The van der Waals surface area contributed by atoms with Crippen LogP contribution in [0.2, 0.25) is 0 Å². The van der Waals surface area contributed by atoms with Crippen LogP contribution in [0.4, 0.5) is 0 Å². The highest BCUT2D eigenvalue weighted by Gasteiger charge is 2.22. The van der Waals surface area contributed by atoms with Crippen molar-refractivity contribution in [2.75, 3.05) is 20.7 Å². The minimum Gasteiger partial charge on any atom is -0.377 e. The number of carbonyl (C=O) groups is 1. The van der Waals surface area contributed by atoms with Crippen LogP contribution in [0.15, 0.2) is 4.99 Å². The van der Waals surface area contributed by atoms with Crippen molar-refractivity contribution >= 4 is 11.9 Å². The van der Waals surface area contributed by atoms with Crippen LogP contribution in [0.1, 0.15) is 50.2 Å². The molecule has 1 aromatic heterocycles. The first-order chi connectivity index (χ1) is 13.2. The van der Waals surface area contributed by atoms with E-state index in [1.54, 1.807) is 14.2 Å². The molecule has 0 bridgehead atoms. The van der Waals surface area contributed by atoms with Gasteiger partial charge in [-0.1, -0.05) is 19.3 Å². The number of aromatic nitrogens is 3. The van der Waals surface area contributed by atoms with Gasteiger partial charge in [-0.25, -0.2) is 9.67 Å². The lowest BCUT2D eigenvalue weighted by Crippen LogP contribution is -2.50. The van der Waals surface area contributed by atoms with Gasteiger partial charge in [0.15, 0.2) is 11.8 Å². The highest BCUT2D eigenvalue weighted by Crippen LogP contribution is 2.17. The Hall–Kier alpha value is -2.16. The lowest BCUT2D eigenvalue weighted by Gasteiger charge is -2.26. The van der Waals surface area contributed by atoms with Gasteiger partial charge < -0.3 is 20.7 Å². The maximum atomic E-state index is 12.2. The number of guanidine groups is 1. The second-order valence-electron chi connectivity index (χ2n) is 7.27. The fourth-order valence-corrected chi connectivity index (χ4v) is 3.75. The van der Waals surface area contributed by atoms with Crippen molar-refractivity contribution in [3.05, 3.63) is 11.6 Å². The maximum absolute atomic E-state index is 12.2. The predicted molar refractivity (Wildman–Crippen MR) is 102 cm³/mol. The van der Waals surface area contributed by atoms with Crippen LogP contribution < -0.4 is 16.0 Å². The van der Waals surface area contributed by atoms with E-state index in [0.717, 1.165) is 43.9 Å². The molecule has 0 aromatic carbocycles. The lowest BCUT2D eigenvalue weighted by molar-refractivity contribution is -0.120. The highest BCUT2D eigenvalue weighted by molar-refractivity contribution is 5.86. The van der Waals surface area contributed by atoms with E-state index in [9.17, 15) is 4.79 Å². The number of hydrogen-bond acceptors (Lipinski definition) is 5. The second-order valence-corrected chi connectivity index (χ2v) is 7.27. The van der Waals surface area contributed by atoms with Crippen LogP contribution in [0.25, 0.3) is 0 Å². The molecule has 2 aliphatic rings. The summed E-state index contributed by atoms with van der Waals surface area (Å²) in [6.45, 7) is 1.38. The Bertz CT molecular complexity index is 652. The third-order valence-corrected chi connectivity index (χ3v) is 5.13. The van der Waals surface area contributed by atoms with Gasteiger partial charge in [0, 0.05) is 32.7 Å². The number of rotatable bonds is 6. The molecule has 0 saturated heterocycles. The Kier molecular flexibility index (Phi) is 7.03. The van der Waals surface area contributed by atoms with Crippen LogP contribution in [0.3, 0.4) is 0 Å². The van der Waals surface area contributed by atoms with Crippen LogP contribution in [0, 0.1) is 0 Å². The fourth-order valence-electron chi connectivity index (χ4n) is 3.75. The van der Waals surface area contributed by atoms with Crippen LogP contribution in [0.5, 0.6) is 0 Å². The van der Waals surface area contributed by atoms with Gasteiger partial charge in [0.2, 0.25) is 5.91 Å². The van der Waals surface area contributed by atoms with Gasteiger partial charge in [-0.15, -0.1) is 0 Å². The maximum Gasteiger partial charge on any atom is 0.239 e. The molecule has 1 aliphatic heterocycles. The van der Waals surface area contributed by atoms with Crippen LogP contribution in [-0.2, 0) is 29.1 Å². The van der Waals surface area contributed by atoms with Crippen molar-refractivity contribution in [3.8, 4) is 0 Å². The fraction of sp³-hybridized carbons (Fsp3) is 0.778. The summed E-state index contributed by atoms with van der Waals surface area (Å²) in [6, 6.07) is 0.524. The molecular weight excluding hydrogens is 346 g/mol. The monoisotopic (exact) mass is 377 g/mol. The molecule has 0 spiro atoms. The van der Waals surface area contributed by atoms with E-state index in [1.807, 2.05) is 4.68 Å². The van der Waals surface area contributed by atoms with Crippen molar-refractivity contribution in [2.24, 2.45) is 4.99 Å². The van der Waals surface area contributed by atoms with E-state index in [4.69, 9.17) is 4.74 Å². The van der Waals surface area contributed by atoms with Gasteiger partial charge in [0.05, 0.1) is 13.1 Å². The Balaban J connectivity index is 1.43. The van der Waals surface area contributed by atoms with Crippen molar-refractivity contribution in [1.82, 2.24) is 30.7 Å². The number of methoxy groups -OCH3 is 1. The first-order valence-electron chi connectivity index (χ1n) is 9.86. The first-order valence-corrected chi connectivity index (χ1v) is 9.86. The molecule has 1 atom stereocenters. The van der Waals surface area contributed by atoms with Gasteiger partial charge in [-0.05, 0) is 19.3 Å². The van der Waals surface area contributed by atoms with Gasteiger partial charge in [0.1, 0.15) is 12.4 Å². The molecule has 1 aliphatic carbocycles. The lowest BCUT2D eigenvalue weighted by atomic mass is 9.95. The van der Waals surface area contributed by atoms with Crippen molar-refractivity contribution < 1.29 is 9.53 Å². The second kappa shape index (κ2) is 9.68. The number of ether oxygens (including phenoxy) is 1. The zero-order chi connectivity index (χ0) is 19.1.